The second kappa shape index (κ2) is 8.62. The molecule has 22 heavy (non-hydrogen) atoms. The van der Waals surface area contributed by atoms with E-state index in [9.17, 15) is 8.42 Å². The molecule has 0 radical (unpaired) electrons. The zero-order valence-corrected chi connectivity index (χ0v) is 14.0. The monoisotopic (exact) mass is 326 g/mol. The summed E-state index contributed by atoms with van der Waals surface area (Å²) in [5.74, 6) is 0.436. The lowest BCUT2D eigenvalue weighted by atomic mass is 10.1. The molecule has 1 N–H and O–H groups in total. The smallest absolute Gasteiger partial charge is 0.211 e. The molecule has 0 amide bonds. The van der Waals surface area contributed by atoms with Crippen LogP contribution in [0.4, 0.5) is 0 Å². The molecule has 0 aromatic heterocycles. The second-order valence-corrected chi connectivity index (χ2v) is 7.85. The number of hydrogen-bond donors (Lipinski definition) is 1. The first-order valence-electron chi connectivity index (χ1n) is 7.86. The van der Waals surface area contributed by atoms with E-state index >= 15 is 0 Å². The number of rotatable bonds is 8. The van der Waals surface area contributed by atoms with E-state index in [4.69, 9.17) is 4.74 Å². The van der Waals surface area contributed by atoms with Gasteiger partial charge in [-0.15, -0.1) is 0 Å². The molecule has 5 nitrogen and oxygen atoms in total. The Labute approximate surface area is 133 Å². The third kappa shape index (κ3) is 6.44. The maximum atomic E-state index is 12.1. The average Bonchev–Trinajstić information content (AvgIpc) is 2.53. The molecule has 124 valence electrons. The molecule has 0 saturated carbocycles. The number of morpholine rings is 1. The molecule has 0 spiro atoms. The summed E-state index contributed by atoms with van der Waals surface area (Å²) in [6, 6.07) is 9.70. The molecule has 1 aliphatic rings. The number of ether oxygens (including phenoxy) is 1. The van der Waals surface area contributed by atoms with Crippen LogP contribution in [0.3, 0.4) is 0 Å². The molecule has 0 aliphatic carbocycles. The highest BCUT2D eigenvalue weighted by Gasteiger charge is 2.16. The topological polar surface area (TPSA) is 58.6 Å². The molecule has 1 aliphatic heterocycles. The number of sulfonamides is 1. The summed E-state index contributed by atoms with van der Waals surface area (Å²) >= 11 is 0. The number of hydrogen-bond acceptors (Lipinski definition) is 4. The van der Waals surface area contributed by atoms with Crippen molar-refractivity contribution in [1.82, 2.24) is 9.62 Å². The summed E-state index contributed by atoms with van der Waals surface area (Å²) in [5.41, 5.74) is 1.05. The predicted octanol–water partition coefficient (Wildman–Crippen LogP) is 1.12. The Hall–Kier alpha value is -0.950. The highest BCUT2D eigenvalue weighted by molar-refractivity contribution is 7.89. The molecule has 1 atom stereocenters. The largest absolute Gasteiger partial charge is 0.379 e. The lowest BCUT2D eigenvalue weighted by molar-refractivity contribution is 0.0321. The molecular weight excluding hydrogens is 300 g/mol. The van der Waals surface area contributed by atoms with E-state index < -0.39 is 10.0 Å². The fourth-order valence-corrected chi connectivity index (χ4v) is 3.71. The Kier molecular flexibility index (Phi) is 6.82. The zero-order valence-electron chi connectivity index (χ0n) is 13.2. The van der Waals surface area contributed by atoms with Gasteiger partial charge in [0, 0.05) is 26.2 Å². The highest BCUT2D eigenvalue weighted by Crippen LogP contribution is 2.04. The van der Waals surface area contributed by atoms with Crippen LogP contribution in [-0.2, 0) is 21.2 Å². The summed E-state index contributed by atoms with van der Waals surface area (Å²) in [7, 11) is -3.21. The SMILES string of the molecule is C[C@@H](CNS(=O)(=O)CCc1ccccc1)CN1CCOCC1. The van der Waals surface area contributed by atoms with Crippen LogP contribution in [0, 0.1) is 5.92 Å². The molecule has 1 aromatic carbocycles. The number of nitrogens with one attached hydrogen (secondary N) is 1. The first kappa shape index (κ1) is 17.4. The minimum absolute atomic E-state index is 0.140. The van der Waals surface area contributed by atoms with Gasteiger partial charge in [0.15, 0.2) is 0 Å². The van der Waals surface area contributed by atoms with Gasteiger partial charge in [-0.25, -0.2) is 13.1 Å². The molecule has 1 fully saturated rings. The lowest BCUT2D eigenvalue weighted by Crippen LogP contribution is -2.41. The summed E-state index contributed by atoms with van der Waals surface area (Å²) < 4.78 is 32.2. The van der Waals surface area contributed by atoms with Crippen molar-refractivity contribution in [2.75, 3.05) is 45.1 Å². The van der Waals surface area contributed by atoms with Gasteiger partial charge in [0.25, 0.3) is 0 Å². The first-order chi connectivity index (χ1) is 10.6. The van der Waals surface area contributed by atoms with E-state index in [1.165, 1.54) is 0 Å². The van der Waals surface area contributed by atoms with Gasteiger partial charge in [-0.3, -0.25) is 4.90 Å². The Balaban J connectivity index is 1.69. The molecule has 1 saturated heterocycles. The van der Waals surface area contributed by atoms with E-state index in [2.05, 4.69) is 16.5 Å². The standard InChI is InChI=1S/C16H26N2O3S/c1-15(14-18-8-10-21-11-9-18)13-17-22(19,20)12-7-16-5-3-2-4-6-16/h2-6,15,17H,7-14H2,1H3/t15-/m0/s1. The molecule has 1 aromatic rings. The summed E-state index contributed by atoms with van der Waals surface area (Å²) in [4.78, 5) is 2.33. The van der Waals surface area contributed by atoms with Crippen LogP contribution in [0.15, 0.2) is 30.3 Å². The van der Waals surface area contributed by atoms with Crippen molar-refractivity contribution >= 4 is 10.0 Å². The van der Waals surface area contributed by atoms with Gasteiger partial charge in [-0.2, -0.15) is 0 Å². The van der Waals surface area contributed by atoms with Gasteiger partial charge in [0.2, 0.25) is 10.0 Å². The van der Waals surface area contributed by atoms with Gasteiger partial charge >= 0.3 is 0 Å². The van der Waals surface area contributed by atoms with Crippen molar-refractivity contribution in [2.24, 2.45) is 5.92 Å². The van der Waals surface area contributed by atoms with E-state index in [0.29, 0.717) is 18.9 Å². The predicted molar refractivity (Wildman–Crippen MR) is 88.4 cm³/mol. The number of nitrogens with zero attached hydrogens (tertiary/aromatic N) is 1. The van der Waals surface area contributed by atoms with E-state index in [-0.39, 0.29) is 5.75 Å². The second-order valence-electron chi connectivity index (χ2n) is 5.92. The van der Waals surface area contributed by atoms with Gasteiger partial charge in [-0.1, -0.05) is 37.3 Å². The van der Waals surface area contributed by atoms with Crippen molar-refractivity contribution in [3.05, 3.63) is 35.9 Å². The Morgan fingerprint density at radius 2 is 1.91 bits per heavy atom. The third-order valence-electron chi connectivity index (χ3n) is 3.83. The molecule has 2 rings (SSSR count). The Bertz CT molecular complexity index is 528. The maximum absolute atomic E-state index is 12.1. The fraction of sp³-hybridized carbons (Fsp3) is 0.625. The fourth-order valence-electron chi connectivity index (χ4n) is 2.53. The van der Waals surface area contributed by atoms with E-state index in [1.54, 1.807) is 0 Å². The minimum Gasteiger partial charge on any atom is -0.379 e. The van der Waals surface area contributed by atoms with Crippen molar-refractivity contribution in [2.45, 2.75) is 13.3 Å². The van der Waals surface area contributed by atoms with Crippen molar-refractivity contribution < 1.29 is 13.2 Å². The van der Waals surface area contributed by atoms with Gasteiger partial charge in [0.05, 0.1) is 19.0 Å². The van der Waals surface area contributed by atoms with Crippen LogP contribution in [0.1, 0.15) is 12.5 Å². The van der Waals surface area contributed by atoms with Crippen molar-refractivity contribution in [1.29, 1.82) is 0 Å². The highest BCUT2D eigenvalue weighted by atomic mass is 32.2. The van der Waals surface area contributed by atoms with Crippen LogP contribution < -0.4 is 4.72 Å². The van der Waals surface area contributed by atoms with Crippen LogP contribution in [0.25, 0.3) is 0 Å². The first-order valence-corrected chi connectivity index (χ1v) is 9.52. The summed E-state index contributed by atoms with van der Waals surface area (Å²) in [5, 5.41) is 0. The van der Waals surface area contributed by atoms with Gasteiger partial charge in [0.1, 0.15) is 0 Å². The lowest BCUT2D eigenvalue weighted by Gasteiger charge is -2.29. The maximum Gasteiger partial charge on any atom is 0.211 e. The van der Waals surface area contributed by atoms with Gasteiger partial charge < -0.3 is 4.74 Å². The van der Waals surface area contributed by atoms with Crippen molar-refractivity contribution in [3.8, 4) is 0 Å². The van der Waals surface area contributed by atoms with Crippen LogP contribution >= 0.6 is 0 Å². The Morgan fingerprint density at radius 3 is 2.59 bits per heavy atom. The van der Waals surface area contributed by atoms with E-state index in [1.807, 2.05) is 30.3 Å². The molecule has 0 unspecified atom stereocenters. The molecule has 6 heteroatoms. The van der Waals surface area contributed by atoms with Gasteiger partial charge in [-0.05, 0) is 17.9 Å². The summed E-state index contributed by atoms with van der Waals surface area (Å²) in [6.07, 6.45) is 0.550. The Morgan fingerprint density at radius 1 is 1.23 bits per heavy atom. The molecule has 1 heterocycles. The van der Waals surface area contributed by atoms with E-state index in [0.717, 1.165) is 38.4 Å². The zero-order chi connectivity index (χ0) is 15.8. The quantitative estimate of drug-likeness (QED) is 0.778. The third-order valence-corrected chi connectivity index (χ3v) is 5.18. The minimum atomic E-state index is -3.21. The van der Waals surface area contributed by atoms with Crippen molar-refractivity contribution in [3.63, 3.8) is 0 Å². The average molecular weight is 326 g/mol. The number of benzene rings is 1. The van der Waals surface area contributed by atoms with Crippen LogP contribution in [0.2, 0.25) is 0 Å². The summed E-state index contributed by atoms with van der Waals surface area (Å²) in [6.45, 7) is 6.90. The number of aryl methyl sites for hydroxylation is 1. The van der Waals surface area contributed by atoms with Crippen LogP contribution in [-0.4, -0.2) is 58.5 Å². The van der Waals surface area contributed by atoms with Crippen LogP contribution in [0.5, 0.6) is 0 Å². The molecule has 0 bridgehead atoms. The molecular formula is C16H26N2O3S. The normalized spacial score (nSPS) is 18.2.